The topological polar surface area (TPSA) is 13.1 Å². The molecule has 10 aromatic rings. The van der Waals surface area contributed by atoms with Gasteiger partial charge in [0.25, 0.3) is 0 Å². The Labute approximate surface area is 302 Å². The Hall–Kier alpha value is -6.44. The van der Waals surface area contributed by atoms with E-state index in [9.17, 15) is 0 Å². The summed E-state index contributed by atoms with van der Waals surface area (Å²) in [5, 5.41) is 9.92. The average Bonchev–Trinajstić information content (AvgIpc) is 3.69. The van der Waals surface area contributed by atoms with Gasteiger partial charge in [-0.1, -0.05) is 166 Å². The fourth-order valence-corrected chi connectivity index (χ4v) is 9.23. The second-order valence-electron chi connectivity index (χ2n) is 14.8. The van der Waals surface area contributed by atoms with Gasteiger partial charge in [-0.15, -0.1) is 0 Å². The maximum atomic E-state index is 6.80. The van der Waals surface area contributed by atoms with Gasteiger partial charge in [-0.25, -0.2) is 0 Å². The molecule has 0 bridgehead atoms. The van der Waals surface area contributed by atoms with Crippen LogP contribution in [0.25, 0.3) is 98.8 Å². The average molecular weight is 663 g/mol. The van der Waals surface area contributed by atoms with E-state index in [1.165, 1.54) is 98.7 Å². The Morgan fingerprint density at radius 1 is 0.385 bits per heavy atom. The number of rotatable bonds is 3. The summed E-state index contributed by atoms with van der Waals surface area (Å²) in [6.45, 7) is 4.69. The predicted octanol–water partition coefficient (Wildman–Crippen LogP) is 14.4. The van der Waals surface area contributed by atoms with Crippen LogP contribution in [0, 0.1) is 0 Å². The number of hydrogen-bond acceptors (Lipinski definition) is 1. The van der Waals surface area contributed by atoms with E-state index in [1.807, 2.05) is 0 Å². The van der Waals surface area contributed by atoms with Gasteiger partial charge in [0.15, 0.2) is 0 Å². The third kappa shape index (κ3) is 4.05. The Bertz CT molecular complexity index is 3030. The zero-order chi connectivity index (χ0) is 34.6. The third-order valence-corrected chi connectivity index (χ3v) is 11.6. The second kappa shape index (κ2) is 10.8. The van der Waals surface area contributed by atoms with Crippen LogP contribution in [0.4, 0.5) is 0 Å². The molecule has 0 radical (unpaired) electrons. The van der Waals surface area contributed by atoms with Crippen molar-refractivity contribution in [2.24, 2.45) is 0 Å². The van der Waals surface area contributed by atoms with E-state index in [0.29, 0.717) is 0 Å². The normalized spacial score (nSPS) is 13.3. The van der Waals surface area contributed by atoms with Gasteiger partial charge >= 0.3 is 0 Å². The standard InChI is InChI=1S/C51H34O/c1-51(2)43-26-23-34(30-42(43)49-44(51)27-25-41-48-36-18-7-6-13-31(36)24-28-45(48)52-50(41)49)33-16-12-17-35(29-33)47-39-21-10-8-19-37(39)46(32-14-4-3-5-15-32)38-20-9-11-22-40(38)47/h3-30H,1-2H3. The van der Waals surface area contributed by atoms with E-state index in [1.54, 1.807) is 0 Å². The van der Waals surface area contributed by atoms with Crippen molar-refractivity contribution in [3.8, 4) is 44.5 Å². The molecule has 0 saturated carbocycles. The Kier molecular flexibility index (Phi) is 6.08. The van der Waals surface area contributed by atoms with Gasteiger partial charge < -0.3 is 4.42 Å². The first-order chi connectivity index (χ1) is 25.6. The van der Waals surface area contributed by atoms with Crippen molar-refractivity contribution in [1.29, 1.82) is 0 Å². The van der Waals surface area contributed by atoms with Crippen LogP contribution in [0.1, 0.15) is 25.0 Å². The fourth-order valence-electron chi connectivity index (χ4n) is 9.23. The summed E-state index contributed by atoms with van der Waals surface area (Å²) in [5.41, 5.74) is 14.4. The second-order valence-corrected chi connectivity index (χ2v) is 14.8. The van der Waals surface area contributed by atoms with Gasteiger partial charge in [0.2, 0.25) is 0 Å². The first-order valence-corrected chi connectivity index (χ1v) is 18.2. The Balaban J connectivity index is 1.12. The quantitative estimate of drug-likeness (QED) is 0.172. The number of benzene rings is 9. The molecular weight excluding hydrogens is 629 g/mol. The minimum Gasteiger partial charge on any atom is -0.455 e. The molecule has 0 saturated heterocycles. The summed E-state index contributed by atoms with van der Waals surface area (Å²) >= 11 is 0. The largest absolute Gasteiger partial charge is 0.455 e. The molecule has 0 unspecified atom stereocenters. The highest BCUT2D eigenvalue weighted by Crippen LogP contribution is 2.54. The van der Waals surface area contributed by atoms with Gasteiger partial charge in [0.05, 0.1) is 0 Å². The van der Waals surface area contributed by atoms with Crippen LogP contribution >= 0.6 is 0 Å². The van der Waals surface area contributed by atoms with Gasteiger partial charge in [-0.2, -0.15) is 0 Å². The number of fused-ring (bicyclic) bond motifs is 11. The zero-order valence-electron chi connectivity index (χ0n) is 29.1. The first-order valence-electron chi connectivity index (χ1n) is 18.2. The number of hydrogen-bond donors (Lipinski definition) is 0. The van der Waals surface area contributed by atoms with Crippen LogP contribution in [-0.2, 0) is 5.41 Å². The highest BCUT2D eigenvalue weighted by Gasteiger charge is 2.38. The summed E-state index contributed by atoms with van der Waals surface area (Å²) in [5.74, 6) is 0. The third-order valence-electron chi connectivity index (χ3n) is 11.6. The summed E-state index contributed by atoms with van der Waals surface area (Å²) in [6, 6.07) is 62.3. The fraction of sp³-hybridized carbons (Fsp3) is 0.0588. The van der Waals surface area contributed by atoms with Crippen molar-refractivity contribution in [2.75, 3.05) is 0 Å². The Morgan fingerprint density at radius 3 is 1.69 bits per heavy atom. The van der Waals surface area contributed by atoms with Crippen molar-refractivity contribution in [1.82, 2.24) is 0 Å². The molecule has 0 N–H and O–H groups in total. The maximum absolute atomic E-state index is 6.80. The minimum atomic E-state index is -0.140. The minimum absolute atomic E-state index is 0.140. The van der Waals surface area contributed by atoms with E-state index >= 15 is 0 Å². The monoisotopic (exact) mass is 662 g/mol. The molecule has 0 fully saturated rings. The summed E-state index contributed by atoms with van der Waals surface area (Å²) in [7, 11) is 0. The summed E-state index contributed by atoms with van der Waals surface area (Å²) in [6.07, 6.45) is 0. The maximum Gasteiger partial charge on any atom is 0.143 e. The molecule has 0 amide bonds. The molecular formula is C51H34O. The Morgan fingerprint density at radius 2 is 0.962 bits per heavy atom. The molecule has 9 aromatic carbocycles. The van der Waals surface area contributed by atoms with Gasteiger partial charge in [-0.05, 0) is 101 Å². The molecule has 1 heteroatoms. The highest BCUT2D eigenvalue weighted by molar-refractivity contribution is 6.23. The molecule has 1 aliphatic carbocycles. The lowest BCUT2D eigenvalue weighted by molar-refractivity contribution is 0.653. The molecule has 1 nitrogen and oxygen atoms in total. The van der Waals surface area contributed by atoms with Crippen molar-refractivity contribution in [3.63, 3.8) is 0 Å². The smallest absolute Gasteiger partial charge is 0.143 e. The predicted molar refractivity (Wildman–Crippen MR) is 220 cm³/mol. The van der Waals surface area contributed by atoms with E-state index in [0.717, 1.165) is 11.2 Å². The lowest BCUT2D eigenvalue weighted by atomic mass is 9.82. The van der Waals surface area contributed by atoms with Crippen molar-refractivity contribution < 1.29 is 4.42 Å². The van der Waals surface area contributed by atoms with Crippen molar-refractivity contribution in [3.05, 3.63) is 181 Å². The summed E-state index contributed by atoms with van der Waals surface area (Å²) in [4.78, 5) is 0. The van der Waals surface area contributed by atoms with E-state index in [2.05, 4.69) is 184 Å². The van der Waals surface area contributed by atoms with Crippen LogP contribution in [0.15, 0.2) is 174 Å². The molecule has 0 aliphatic heterocycles. The van der Waals surface area contributed by atoms with Crippen LogP contribution in [-0.4, -0.2) is 0 Å². The molecule has 52 heavy (non-hydrogen) atoms. The molecule has 0 atom stereocenters. The van der Waals surface area contributed by atoms with E-state index in [-0.39, 0.29) is 5.41 Å². The molecule has 1 heterocycles. The molecule has 1 aromatic heterocycles. The van der Waals surface area contributed by atoms with Crippen molar-refractivity contribution >= 4 is 54.3 Å². The molecule has 11 rings (SSSR count). The van der Waals surface area contributed by atoms with Gasteiger partial charge in [-0.3, -0.25) is 0 Å². The lowest BCUT2D eigenvalue weighted by Crippen LogP contribution is -2.14. The van der Waals surface area contributed by atoms with E-state index < -0.39 is 0 Å². The molecule has 0 spiro atoms. The van der Waals surface area contributed by atoms with E-state index in [4.69, 9.17) is 4.42 Å². The van der Waals surface area contributed by atoms with Gasteiger partial charge in [0, 0.05) is 21.8 Å². The van der Waals surface area contributed by atoms with Crippen LogP contribution in [0.5, 0.6) is 0 Å². The van der Waals surface area contributed by atoms with Crippen molar-refractivity contribution in [2.45, 2.75) is 19.3 Å². The SMILES string of the molecule is CC1(C)c2ccc(-c3cccc(-c4c5ccccc5c(-c5ccccc5)c5ccccc45)c3)cc2-c2c1ccc1c2oc2ccc3ccccc3c21. The zero-order valence-corrected chi connectivity index (χ0v) is 29.1. The first kappa shape index (κ1) is 29.3. The number of furan rings is 1. The van der Waals surface area contributed by atoms with Crippen LogP contribution in [0.3, 0.4) is 0 Å². The molecule has 1 aliphatic rings. The van der Waals surface area contributed by atoms with Crippen LogP contribution < -0.4 is 0 Å². The van der Waals surface area contributed by atoms with Crippen LogP contribution in [0.2, 0.25) is 0 Å². The van der Waals surface area contributed by atoms with Gasteiger partial charge in [0.1, 0.15) is 11.2 Å². The summed E-state index contributed by atoms with van der Waals surface area (Å²) < 4.78 is 6.80. The molecule has 244 valence electrons. The highest BCUT2D eigenvalue weighted by atomic mass is 16.3. The lowest BCUT2D eigenvalue weighted by Gasteiger charge is -2.21.